The predicted octanol–water partition coefficient (Wildman–Crippen LogP) is 4.68. The molecule has 0 saturated heterocycles. The molecule has 4 rings (SSSR count). The van der Waals surface area contributed by atoms with Gasteiger partial charge in [0.1, 0.15) is 27.2 Å². The number of amides is 1. The van der Waals surface area contributed by atoms with Crippen molar-refractivity contribution in [3.05, 3.63) is 82.4 Å². The van der Waals surface area contributed by atoms with Gasteiger partial charge in [0.2, 0.25) is 11.7 Å². The second kappa shape index (κ2) is 12.1. The van der Waals surface area contributed by atoms with Crippen LogP contribution in [0.4, 0.5) is 27.6 Å². The van der Waals surface area contributed by atoms with E-state index in [1.54, 1.807) is 12.3 Å². The van der Waals surface area contributed by atoms with Crippen LogP contribution in [-0.4, -0.2) is 37.8 Å². The standard InChI is InChI=1S/C26H22F5N3O5S/c27-20-21(28)23(30)25(24(31)22(20)29)40(39)33-11-19(36)34(16-7-8-17(26(37)38)18(35)9-16)12-15-6-5-14(10-32-15)13-3-1-2-4-13/h5-10,13,33,35H,1-4,11-12H2,(H,37,38). The third kappa shape index (κ3) is 5.97. The Morgan fingerprint density at radius 3 is 2.15 bits per heavy atom. The van der Waals surface area contributed by atoms with Crippen LogP contribution in [0.5, 0.6) is 5.75 Å². The molecule has 3 N–H and O–H groups in total. The minimum atomic E-state index is -3.03. The second-order valence-corrected chi connectivity index (χ2v) is 10.3. The van der Waals surface area contributed by atoms with E-state index in [9.17, 15) is 46.0 Å². The first kappa shape index (κ1) is 29.1. The number of rotatable bonds is 9. The molecule has 1 aliphatic carbocycles. The molecule has 0 radical (unpaired) electrons. The number of carboxylic acids is 1. The summed E-state index contributed by atoms with van der Waals surface area (Å²) in [5.41, 5.74) is 0.971. The average molecular weight is 584 g/mol. The normalized spacial score (nSPS) is 14.3. The summed E-state index contributed by atoms with van der Waals surface area (Å²) in [5, 5.41) is 19.3. The summed E-state index contributed by atoms with van der Waals surface area (Å²) in [6, 6.07) is 6.80. The maximum absolute atomic E-state index is 14.0. The zero-order valence-electron chi connectivity index (χ0n) is 20.6. The number of aromatic hydroxyl groups is 1. The summed E-state index contributed by atoms with van der Waals surface area (Å²) >= 11 is 0. The van der Waals surface area contributed by atoms with Crippen molar-refractivity contribution in [2.24, 2.45) is 0 Å². The topological polar surface area (TPSA) is 120 Å². The lowest BCUT2D eigenvalue weighted by atomic mass is 9.99. The van der Waals surface area contributed by atoms with Gasteiger partial charge in [-0.1, -0.05) is 18.9 Å². The van der Waals surface area contributed by atoms with Gasteiger partial charge < -0.3 is 15.1 Å². The Kier molecular flexibility index (Phi) is 8.79. The van der Waals surface area contributed by atoms with Crippen molar-refractivity contribution >= 4 is 28.5 Å². The number of carboxylic acid groups (broad SMARTS) is 1. The number of pyridine rings is 1. The summed E-state index contributed by atoms with van der Waals surface area (Å²) in [6.07, 6.45) is 5.97. The summed E-state index contributed by atoms with van der Waals surface area (Å²) in [7, 11) is -3.03. The maximum atomic E-state index is 14.0. The highest BCUT2D eigenvalue weighted by molar-refractivity contribution is 7.83. The summed E-state index contributed by atoms with van der Waals surface area (Å²) < 4.78 is 82.9. The first-order valence-corrected chi connectivity index (χ1v) is 13.1. The van der Waals surface area contributed by atoms with Gasteiger partial charge in [0, 0.05) is 18.0 Å². The zero-order chi connectivity index (χ0) is 29.1. The molecule has 1 atom stereocenters. The van der Waals surface area contributed by atoms with Gasteiger partial charge in [-0.3, -0.25) is 9.78 Å². The minimum absolute atomic E-state index is 0.00187. The Hall–Kier alpha value is -3.91. The van der Waals surface area contributed by atoms with E-state index in [-0.39, 0.29) is 12.2 Å². The van der Waals surface area contributed by atoms with Crippen molar-refractivity contribution in [3.63, 3.8) is 0 Å². The van der Waals surface area contributed by atoms with E-state index >= 15 is 0 Å². The van der Waals surface area contributed by atoms with Crippen LogP contribution >= 0.6 is 0 Å². The van der Waals surface area contributed by atoms with Crippen LogP contribution in [0.1, 0.15) is 53.2 Å². The molecule has 14 heteroatoms. The molecule has 0 aliphatic heterocycles. The Balaban J connectivity index is 1.58. The van der Waals surface area contributed by atoms with E-state index < -0.39 is 74.7 Å². The highest BCUT2D eigenvalue weighted by Crippen LogP contribution is 2.34. The fourth-order valence-electron chi connectivity index (χ4n) is 4.43. The van der Waals surface area contributed by atoms with Gasteiger partial charge in [0.05, 0.1) is 18.8 Å². The molecule has 1 saturated carbocycles. The number of aromatic nitrogens is 1. The fourth-order valence-corrected chi connectivity index (χ4v) is 5.33. The molecule has 1 unspecified atom stereocenters. The first-order valence-electron chi connectivity index (χ1n) is 12.0. The lowest BCUT2D eigenvalue weighted by Gasteiger charge is -2.23. The van der Waals surface area contributed by atoms with Gasteiger partial charge in [0.25, 0.3) is 0 Å². The van der Waals surface area contributed by atoms with E-state index in [0.717, 1.165) is 48.3 Å². The van der Waals surface area contributed by atoms with Gasteiger partial charge in [-0.2, -0.15) is 0 Å². The molecule has 212 valence electrons. The van der Waals surface area contributed by atoms with E-state index in [2.05, 4.69) is 4.98 Å². The van der Waals surface area contributed by atoms with Crippen molar-refractivity contribution in [3.8, 4) is 5.75 Å². The number of anilines is 1. The molecule has 8 nitrogen and oxygen atoms in total. The third-order valence-corrected chi connectivity index (χ3v) is 7.66. The van der Waals surface area contributed by atoms with Crippen molar-refractivity contribution < 1.29 is 46.0 Å². The molecule has 0 bridgehead atoms. The number of phenols is 1. The Bertz CT molecular complexity index is 1450. The first-order chi connectivity index (χ1) is 19.0. The lowest BCUT2D eigenvalue weighted by Crippen LogP contribution is -2.39. The fraction of sp³-hybridized carbons (Fsp3) is 0.269. The predicted molar refractivity (Wildman–Crippen MR) is 132 cm³/mol. The van der Waals surface area contributed by atoms with Gasteiger partial charge in [0.15, 0.2) is 23.3 Å². The van der Waals surface area contributed by atoms with E-state index in [0.29, 0.717) is 11.6 Å². The van der Waals surface area contributed by atoms with Crippen molar-refractivity contribution in [1.82, 2.24) is 9.71 Å². The summed E-state index contributed by atoms with van der Waals surface area (Å²) in [4.78, 5) is 28.2. The molecule has 40 heavy (non-hydrogen) atoms. The molecule has 2 aromatic carbocycles. The van der Waals surface area contributed by atoms with Gasteiger partial charge in [-0.25, -0.2) is 35.7 Å². The van der Waals surface area contributed by atoms with Crippen LogP contribution in [-0.2, 0) is 22.3 Å². The van der Waals surface area contributed by atoms with Gasteiger partial charge in [-0.15, -0.1) is 0 Å². The molecule has 1 fully saturated rings. The van der Waals surface area contributed by atoms with Crippen LogP contribution in [0, 0.1) is 29.1 Å². The van der Waals surface area contributed by atoms with Crippen LogP contribution in [0.25, 0.3) is 0 Å². The largest absolute Gasteiger partial charge is 0.507 e. The van der Waals surface area contributed by atoms with E-state index in [1.807, 2.05) is 10.8 Å². The highest BCUT2D eigenvalue weighted by atomic mass is 32.2. The van der Waals surface area contributed by atoms with Crippen LogP contribution in [0.2, 0.25) is 0 Å². The summed E-state index contributed by atoms with van der Waals surface area (Å²) in [6.45, 7) is -1.12. The number of carbonyl (C=O) groups is 2. The molecule has 1 heterocycles. The van der Waals surface area contributed by atoms with Gasteiger partial charge in [-0.05, 0) is 42.5 Å². The average Bonchev–Trinajstić information content (AvgIpc) is 3.48. The third-order valence-electron chi connectivity index (χ3n) is 6.53. The van der Waals surface area contributed by atoms with Gasteiger partial charge >= 0.3 is 5.97 Å². The number of hydrogen-bond donors (Lipinski definition) is 3. The Morgan fingerprint density at radius 2 is 1.60 bits per heavy atom. The quantitative estimate of drug-likeness (QED) is 0.191. The molecular formula is C26H22F5N3O5S. The smallest absolute Gasteiger partial charge is 0.339 e. The van der Waals surface area contributed by atoms with Crippen molar-refractivity contribution in [2.45, 2.75) is 43.0 Å². The number of benzene rings is 2. The van der Waals surface area contributed by atoms with E-state index in [4.69, 9.17) is 0 Å². The molecule has 3 aromatic rings. The number of nitrogens with zero attached hydrogens (tertiary/aromatic N) is 2. The Labute approximate surface area is 227 Å². The van der Waals surface area contributed by atoms with Crippen molar-refractivity contribution in [2.75, 3.05) is 11.4 Å². The number of carbonyl (C=O) groups excluding carboxylic acids is 1. The van der Waals surface area contributed by atoms with Crippen LogP contribution in [0.15, 0.2) is 41.4 Å². The van der Waals surface area contributed by atoms with Crippen LogP contribution in [0.3, 0.4) is 0 Å². The van der Waals surface area contributed by atoms with Crippen LogP contribution < -0.4 is 9.62 Å². The maximum Gasteiger partial charge on any atom is 0.339 e. The molecular weight excluding hydrogens is 561 g/mol. The number of hydrogen-bond acceptors (Lipinski definition) is 5. The summed E-state index contributed by atoms with van der Waals surface area (Å²) in [5.74, 6) is -14.2. The highest BCUT2D eigenvalue weighted by Gasteiger charge is 2.30. The number of nitrogens with one attached hydrogen (secondary N) is 1. The molecule has 1 amide bonds. The van der Waals surface area contributed by atoms with E-state index in [1.165, 1.54) is 6.07 Å². The van der Waals surface area contributed by atoms with Crippen molar-refractivity contribution in [1.29, 1.82) is 0 Å². The number of halogens is 5. The zero-order valence-corrected chi connectivity index (χ0v) is 21.4. The second-order valence-electron chi connectivity index (χ2n) is 9.04. The molecule has 1 aliphatic rings. The monoisotopic (exact) mass is 583 g/mol. The minimum Gasteiger partial charge on any atom is -0.507 e. The lowest BCUT2D eigenvalue weighted by molar-refractivity contribution is -0.117. The Morgan fingerprint density at radius 1 is 0.975 bits per heavy atom. The molecule has 1 aromatic heterocycles. The number of aromatic carboxylic acids is 1. The SMILES string of the molecule is O=C(O)c1ccc(N(Cc2ccc(C3CCCC3)cn2)C(=O)CNS(=O)c2c(F)c(F)c(F)c(F)c2F)cc1O. The molecule has 0 spiro atoms.